The zero-order valence-electron chi connectivity index (χ0n) is 12.5. The quantitative estimate of drug-likeness (QED) is 0.836. The number of aromatic nitrogens is 4. The van der Waals surface area contributed by atoms with Crippen LogP contribution in [-0.4, -0.2) is 39.7 Å². The van der Waals surface area contributed by atoms with Gasteiger partial charge in [-0.05, 0) is 26.8 Å². The van der Waals surface area contributed by atoms with E-state index in [4.69, 9.17) is 9.47 Å². The number of pyridine rings is 1. The topological polar surface area (TPSA) is 82.1 Å². The lowest BCUT2D eigenvalue weighted by molar-refractivity contribution is 0.312. The van der Waals surface area contributed by atoms with Crippen molar-refractivity contribution in [2.75, 3.05) is 25.1 Å². The monoisotopic (exact) mass is 289 g/mol. The zero-order chi connectivity index (χ0) is 15.1. The van der Waals surface area contributed by atoms with Crippen LogP contribution in [0.1, 0.15) is 20.8 Å². The molecule has 0 spiro atoms. The van der Waals surface area contributed by atoms with E-state index in [1.807, 2.05) is 26.8 Å². The van der Waals surface area contributed by atoms with Crippen LogP contribution in [0.5, 0.6) is 11.8 Å². The highest BCUT2D eigenvalue weighted by atomic mass is 16.5. The number of ether oxygens (including phenoxy) is 2. The molecule has 0 atom stereocenters. The number of anilines is 1. The third-order valence-electron chi connectivity index (χ3n) is 2.51. The molecule has 2 heterocycles. The molecule has 0 saturated heterocycles. The molecule has 0 radical (unpaired) electrons. The summed E-state index contributed by atoms with van der Waals surface area (Å²) in [7, 11) is 0. The van der Waals surface area contributed by atoms with Crippen LogP contribution in [-0.2, 0) is 0 Å². The first kappa shape index (κ1) is 15.0. The lowest BCUT2D eigenvalue weighted by atomic mass is 10.2. The fourth-order valence-corrected chi connectivity index (χ4v) is 1.70. The standard InChI is InChI=1S/C14H19N5O2/c1-4-16-13-17-12(18-14(19-13)21-6-3)10-7-11(20-5-2)9-15-8-10/h7-9H,4-6H2,1-3H3,(H,16,17,18,19). The van der Waals surface area contributed by atoms with Crippen LogP contribution in [0, 0.1) is 0 Å². The molecule has 0 unspecified atom stereocenters. The molecule has 7 heteroatoms. The Morgan fingerprint density at radius 1 is 1.00 bits per heavy atom. The minimum atomic E-state index is 0.292. The molecule has 0 bridgehead atoms. The van der Waals surface area contributed by atoms with E-state index in [2.05, 4.69) is 25.3 Å². The van der Waals surface area contributed by atoms with E-state index in [-0.39, 0.29) is 0 Å². The molecule has 21 heavy (non-hydrogen) atoms. The third kappa shape index (κ3) is 4.01. The van der Waals surface area contributed by atoms with E-state index in [1.54, 1.807) is 12.4 Å². The molecule has 2 aromatic rings. The minimum Gasteiger partial charge on any atom is -0.492 e. The fraction of sp³-hybridized carbons (Fsp3) is 0.429. The molecule has 0 amide bonds. The van der Waals surface area contributed by atoms with E-state index < -0.39 is 0 Å². The van der Waals surface area contributed by atoms with Gasteiger partial charge >= 0.3 is 6.01 Å². The maximum atomic E-state index is 5.44. The first-order valence-electron chi connectivity index (χ1n) is 6.97. The van der Waals surface area contributed by atoms with Gasteiger partial charge in [-0.15, -0.1) is 0 Å². The van der Waals surface area contributed by atoms with E-state index >= 15 is 0 Å². The Morgan fingerprint density at radius 2 is 1.81 bits per heavy atom. The number of hydrogen-bond acceptors (Lipinski definition) is 7. The largest absolute Gasteiger partial charge is 0.492 e. The lowest BCUT2D eigenvalue weighted by Gasteiger charge is -2.08. The summed E-state index contributed by atoms with van der Waals surface area (Å²) in [6.45, 7) is 7.56. The highest BCUT2D eigenvalue weighted by molar-refractivity contribution is 5.57. The molecule has 0 saturated carbocycles. The zero-order valence-corrected chi connectivity index (χ0v) is 12.5. The second-order valence-corrected chi connectivity index (χ2v) is 4.07. The second kappa shape index (κ2) is 7.37. The van der Waals surface area contributed by atoms with Gasteiger partial charge < -0.3 is 14.8 Å². The SMILES string of the molecule is CCNc1nc(OCC)nc(-c2cncc(OCC)c2)n1. The smallest absolute Gasteiger partial charge is 0.321 e. The van der Waals surface area contributed by atoms with Gasteiger partial charge in [-0.3, -0.25) is 4.98 Å². The Bertz CT molecular complexity index is 567. The Kier molecular flexibility index (Phi) is 5.25. The second-order valence-electron chi connectivity index (χ2n) is 4.07. The van der Waals surface area contributed by atoms with Crippen LogP contribution in [0.2, 0.25) is 0 Å². The molecular weight excluding hydrogens is 270 g/mol. The van der Waals surface area contributed by atoms with Crippen molar-refractivity contribution in [3.63, 3.8) is 0 Å². The van der Waals surface area contributed by atoms with Gasteiger partial charge in [-0.2, -0.15) is 15.0 Å². The summed E-state index contributed by atoms with van der Waals surface area (Å²) < 4.78 is 10.8. The van der Waals surface area contributed by atoms with Gasteiger partial charge in [-0.1, -0.05) is 0 Å². The van der Waals surface area contributed by atoms with E-state index in [1.165, 1.54) is 0 Å². The first-order valence-corrected chi connectivity index (χ1v) is 6.97. The van der Waals surface area contributed by atoms with E-state index in [0.717, 1.165) is 5.56 Å². The number of hydrogen-bond donors (Lipinski definition) is 1. The molecule has 1 N–H and O–H groups in total. The van der Waals surface area contributed by atoms with E-state index in [9.17, 15) is 0 Å². The molecule has 112 valence electrons. The predicted octanol–water partition coefficient (Wildman–Crippen LogP) is 2.16. The van der Waals surface area contributed by atoms with Gasteiger partial charge in [0.25, 0.3) is 0 Å². The van der Waals surface area contributed by atoms with Crippen LogP contribution in [0.15, 0.2) is 18.5 Å². The van der Waals surface area contributed by atoms with Crippen molar-refractivity contribution in [3.8, 4) is 23.1 Å². The molecule has 0 aliphatic rings. The van der Waals surface area contributed by atoms with Gasteiger partial charge in [-0.25, -0.2) is 0 Å². The number of rotatable bonds is 7. The van der Waals surface area contributed by atoms with Crippen molar-refractivity contribution >= 4 is 5.95 Å². The fourth-order valence-electron chi connectivity index (χ4n) is 1.70. The number of nitrogens with one attached hydrogen (secondary N) is 1. The Morgan fingerprint density at radius 3 is 2.52 bits per heavy atom. The number of nitrogens with zero attached hydrogens (tertiary/aromatic N) is 4. The van der Waals surface area contributed by atoms with Crippen LogP contribution >= 0.6 is 0 Å². The van der Waals surface area contributed by atoms with Crippen molar-refractivity contribution in [1.82, 2.24) is 19.9 Å². The summed E-state index contributed by atoms with van der Waals surface area (Å²) in [4.78, 5) is 17.0. The van der Waals surface area contributed by atoms with E-state index in [0.29, 0.717) is 43.3 Å². The molecular formula is C14H19N5O2. The minimum absolute atomic E-state index is 0.292. The van der Waals surface area contributed by atoms with Crippen LogP contribution in [0.3, 0.4) is 0 Å². The van der Waals surface area contributed by atoms with Crippen LogP contribution < -0.4 is 14.8 Å². The summed E-state index contributed by atoms with van der Waals surface area (Å²) in [5.41, 5.74) is 0.753. The maximum absolute atomic E-state index is 5.44. The average Bonchev–Trinajstić information content (AvgIpc) is 2.48. The van der Waals surface area contributed by atoms with Crippen molar-refractivity contribution in [2.45, 2.75) is 20.8 Å². The summed E-state index contributed by atoms with van der Waals surface area (Å²) in [6.07, 6.45) is 3.34. The summed E-state index contributed by atoms with van der Waals surface area (Å²) >= 11 is 0. The molecule has 0 fully saturated rings. The highest BCUT2D eigenvalue weighted by Crippen LogP contribution is 2.22. The van der Waals surface area contributed by atoms with Crippen molar-refractivity contribution < 1.29 is 9.47 Å². The van der Waals surface area contributed by atoms with Crippen LogP contribution in [0.4, 0.5) is 5.95 Å². The van der Waals surface area contributed by atoms with Crippen molar-refractivity contribution in [2.24, 2.45) is 0 Å². The lowest BCUT2D eigenvalue weighted by Crippen LogP contribution is -2.07. The molecule has 0 aliphatic heterocycles. The molecule has 2 aromatic heterocycles. The normalized spacial score (nSPS) is 10.2. The summed E-state index contributed by atoms with van der Waals surface area (Å²) in [5, 5.41) is 3.06. The summed E-state index contributed by atoms with van der Waals surface area (Å²) in [5.74, 6) is 1.66. The maximum Gasteiger partial charge on any atom is 0.321 e. The predicted molar refractivity (Wildman–Crippen MR) is 79.6 cm³/mol. The highest BCUT2D eigenvalue weighted by Gasteiger charge is 2.10. The van der Waals surface area contributed by atoms with Gasteiger partial charge in [0, 0.05) is 18.3 Å². The molecule has 2 rings (SSSR count). The van der Waals surface area contributed by atoms with Gasteiger partial charge in [0.15, 0.2) is 5.82 Å². The summed E-state index contributed by atoms with van der Waals surface area (Å²) in [6, 6.07) is 2.14. The average molecular weight is 289 g/mol. The van der Waals surface area contributed by atoms with Crippen molar-refractivity contribution in [1.29, 1.82) is 0 Å². The van der Waals surface area contributed by atoms with Crippen molar-refractivity contribution in [3.05, 3.63) is 18.5 Å². The van der Waals surface area contributed by atoms with Gasteiger partial charge in [0.2, 0.25) is 5.95 Å². The Balaban J connectivity index is 2.38. The Hall–Kier alpha value is -2.44. The van der Waals surface area contributed by atoms with Crippen LogP contribution in [0.25, 0.3) is 11.4 Å². The van der Waals surface area contributed by atoms with Gasteiger partial charge in [0.05, 0.1) is 19.4 Å². The molecule has 7 nitrogen and oxygen atoms in total. The molecule has 0 aromatic carbocycles. The van der Waals surface area contributed by atoms with Gasteiger partial charge in [0.1, 0.15) is 5.75 Å². The Labute approximate surface area is 123 Å². The first-order chi connectivity index (χ1) is 10.3. The molecule has 0 aliphatic carbocycles. The third-order valence-corrected chi connectivity index (χ3v) is 2.51.